The van der Waals surface area contributed by atoms with E-state index in [0.29, 0.717) is 36.2 Å². The zero-order chi connectivity index (χ0) is 20.7. The zero-order valence-corrected chi connectivity index (χ0v) is 18.5. The van der Waals surface area contributed by atoms with Gasteiger partial charge in [0.15, 0.2) is 4.80 Å². The molecule has 0 aliphatic carbocycles. The van der Waals surface area contributed by atoms with Gasteiger partial charge in [-0.1, -0.05) is 46.7 Å². The van der Waals surface area contributed by atoms with Crippen LogP contribution >= 0.6 is 45.9 Å². The highest BCUT2D eigenvalue weighted by Gasteiger charge is 2.33. The molecule has 4 rings (SSSR count). The zero-order valence-electron chi connectivity index (χ0n) is 15.3. The number of esters is 1. The molecule has 9 heteroatoms. The number of aromatic nitrogens is 1. The molecule has 5 nitrogen and oxygen atoms in total. The number of fused-ring (bicyclic) bond motifs is 1. The number of thiazole rings is 1. The van der Waals surface area contributed by atoms with E-state index < -0.39 is 12.0 Å². The van der Waals surface area contributed by atoms with Crippen LogP contribution in [0.15, 0.2) is 56.8 Å². The quantitative estimate of drug-likeness (QED) is 0.554. The summed E-state index contributed by atoms with van der Waals surface area (Å²) < 4.78 is 6.93. The molecule has 148 valence electrons. The molecule has 0 bridgehead atoms. The molecule has 1 unspecified atom stereocenters. The number of ether oxygens (including phenoxy) is 1. The van der Waals surface area contributed by atoms with Crippen LogP contribution in [-0.4, -0.2) is 17.6 Å². The molecular formula is C20H14Cl2N2O3S2. The second kappa shape index (κ2) is 7.91. The Balaban J connectivity index is 2.00. The van der Waals surface area contributed by atoms with Gasteiger partial charge in [-0.3, -0.25) is 9.36 Å². The maximum atomic E-state index is 13.3. The maximum Gasteiger partial charge on any atom is 0.338 e. The van der Waals surface area contributed by atoms with E-state index >= 15 is 0 Å². The molecule has 29 heavy (non-hydrogen) atoms. The lowest BCUT2D eigenvalue weighted by atomic mass is 10.0. The van der Waals surface area contributed by atoms with Gasteiger partial charge < -0.3 is 4.74 Å². The van der Waals surface area contributed by atoms with Gasteiger partial charge in [-0.25, -0.2) is 9.79 Å². The molecule has 1 aliphatic rings. The summed E-state index contributed by atoms with van der Waals surface area (Å²) in [5, 5.41) is 2.80. The molecule has 3 heterocycles. The van der Waals surface area contributed by atoms with Gasteiger partial charge in [0.2, 0.25) is 0 Å². The summed E-state index contributed by atoms with van der Waals surface area (Å²) in [6.07, 6.45) is 1.66. The highest BCUT2D eigenvalue weighted by atomic mass is 35.5. The lowest BCUT2D eigenvalue weighted by Crippen LogP contribution is -2.39. The van der Waals surface area contributed by atoms with Gasteiger partial charge in [-0.05, 0) is 36.6 Å². The molecule has 0 N–H and O–H groups in total. The monoisotopic (exact) mass is 464 g/mol. The number of methoxy groups -OCH3 is 1. The average molecular weight is 465 g/mol. The predicted octanol–water partition coefficient (Wildman–Crippen LogP) is 3.78. The summed E-state index contributed by atoms with van der Waals surface area (Å²) in [6, 6.07) is 8.34. The first-order valence-corrected chi connectivity index (χ1v) is 11.0. The van der Waals surface area contributed by atoms with Gasteiger partial charge in [0.05, 0.1) is 22.9 Å². The van der Waals surface area contributed by atoms with Crippen molar-refractivity contribution in [1.29, 1.82) is 0 Å². The van der Waals surface area contributed by atoms with E-state index in [2.05, 4.69) is 4.99 Å². The number of nitrogens with zero attached hydrogens (tertiary/aromatic N) is 2. The predicted molar refractivity (Wildman–Crippen MR) is 117 cm³/mol. The lowest BCUT2D eigenvalue weighted by molar-refractivity contribution is -0.136. The molecule has 0 spiro atoms. The summed E-state index contributed by atoms with van der Waals surface area (Å²) in [5.41, 5.74) is 1.18. The van der Waals surface area contributed by atoms with E-state index in [0.717, 1.165) is 4.88 Å². The number of benzene rings is 1. The lowest BCUT2D eigenvalue weighted by Gasteiger charge is -2.22. The smallest absolute Gasteiger partial charge is 0.338 e. The Labute approximate surface area is 183 Å². The van der Waals surface area contributed by atoms with Crippen LogP contribution in [0.4, 0.5) is 0 Å². The minimum atomic E-state index is -0.595. The summed E-state index contributed by atoms with van der Waals surface area (Å²) in [5.74, 6) is -0.506. The van der Waals surface area contributed by atoms with Gasteiger partial charge in [0, 0.05) is 20.5 Å². The van der Waals surface area contributed by atoms with E-state index in [9.17, 15) is 9.59 Å². The van der Waals surface area contributed by atoms with Crippen molar-refractivity contribution in [2.24, 2.45) is 4.99 Å². The standard InChI is InChI=1S/C20H14Cl2N2O3S2/c1-10-16(19(26)27-2)17(14-7-4-8-28-14)24-18(25)15(29-20(24)23-10)9-11-12(21)5-3-6-13(11)22/h3-9,17H,1-2H3. The van der Waals surface area contributed by atoms with Crippen molar-refractivity contribution < 1.29 is 9.53 Å². The summed E-state index contributed by atoms with van der Waals surface area (Å²) >= 11 is 15.2. The van der Waals surface area contributed by atoms with Crippen LogP contribution in [0, 0.1) is 0 Å². The normalized spacial score (nSPS) is 16.6. The number of rotatable bonds is 3. The third kappa shape index (κ3) is 3.48. The Kier molecular flexibility index (Phi) is 5.48. The van der Waals surface area contributed by atoms with Gasteiger partial charge >= 0.3 is 5.97 Å². The van der Waals surface area contributed by atoms with E-state index in [-0.39, 0.29) is 5.56 Å². The molecule has 0 radical (unpaired) electrons. The third-order valence-electron chi connectivity index (χ3n) is 4.51. The highest BCUT2D eigenvalue weighted by Crippen LogP contribution is 2.33. The molecular weight excluding hydrogens is 451 g/mol. The SMILES string of the molecule is COC(=O)C1=C(C)N=c2sc(=Cc3c(Cl)cccc3Cl)c(=O)n2C1c1cccs1. The number of halogens is 2. The molecule has 1 aliphatic heterocycles. The van der Waals surface area contributed by atoms with Crippen molar-refractivity contribution in [2.45, 2.75) is 13.0 Å². The van der Waals surface area contributed by atoms with Gasteiger partial charge in [-0.2, -0.15) is 0 Å². The van der Waals surface area contributed by atoms with Crippen LogP contribution in [0.1, 0.15) is 23.4 Å². The second-order valence-electron chi connectivity index (χ2n) is 6.22. The summed E-state index contributed by atoms with van der Waals surface area (Å²) in [4.78, 5) is 31.7. The van der Waals surface area contributed by atoms with Crippen molar-refractivity contribution in [3.8, 4) is 0 Å². The van der Waals surface area contributed by atoms with Crippen LogP contribution < -0.4 is 14.9 Å². The van der Waals surface area contributed by atoms with Crippen molar-refractivity contribution in [1.82, 2.24) is 4.57 Å². The van der Waals surface area contributed by atoms with Gasteiger partial charge in [-0.15, -0.1) is 11.3 Å². The van der Waals surface area contributed by atoms with Crippen LogP contribution in [0.25, 0.3) is 6.08 Å². The number of carbonyl (C=O) groups excluding carboxylic acids is 1. The van der Waals surface area contributed by atoms with Crippen molar-refractivity contribution in [3.63, 3.8) is 0 Å². The highest BCUT2D eigenvalue weighted by molar-refractivity contribution is 7.10. The molecule has 0 saturated heterocycles. The molecule has 2 aromatic heterocycles. The van der Waals surface area contributed by atoms with Gasteiger partial charge in [0.25, 0.3) is 5.56 Å². The van der Waals surface area contributed by atoms with E-state index in [1.807, 2.05) is 17.5 Å². The first-order chi connectivity index (χ1) is 13.9. The van der Waals surface area contributed by atoms with E-state index in [4.69, 9.17) is 27.9 Å². The molecule has 0 saturated carbocycles. The minimum absolute atomic E-state index is 0.267. The fourth-order valence-electron chi connectivity index (χ4n) is 3.19. The van der Waals surface area contributed by atoms with Crippen molar-refractivity contribution >= 4 is 57.9 Å². The Bertz CT molecular complexity index is 1300. The third-order valence-corrected chi connectivity index (χ3v) is 7.08. The van der Waals surface area contributed by atoms with Crippen LogP contribution in [0.5, 0.6) is 0 Å². The fourth-order valence-corrected chi connectivity index (χ4v) is 5.55. The van der Waals surface area contributed by atoms with Gasteiger partial charge in [0.1, 0.15) is 6.04 Å². The Morgan fingerprint density at radius 2 is 1.97 bits per heavy atom. The first kappa shape index (κ1) is 20.1. The molecule has 3 aromatic rings. The number of hydrogen-bond donors (Lipinski definition) is 0. The number of carbonyl (C=O) groups is 1. The van der Waals surface area contributed by atoms with Crippen LogP contribution in [-0.2, 0) is 9.53 Å². The van der Waals surface area contributed by atoms with Crippen LogP contribution in [0.3, 0.4) is 0 Å². The fraction of sp³-hybridized carbons (Fsp3) is 0.150. The molecule has 1 aromatic carbocycles. The largest absolute Gasteiger partial charge is 0.466 e. The van der Waals surface area contributed by atoms with E-state index in [1.165, 1.54) is 34.4 Å². The summed E-state index contributed by atoms with van der Waals surface area (Å²) in [7, 11) is 1.32. The van der Waals surface area contributed by atoms with Crippen molar-refractivity contribution in [3.05, 3.63) is 87.2 Å². The van der Waals surface area contributed by atoms with Crippen molar-refractivity contribution in [2.75, 3.05) is 7.11 Å². The Morgan fingerprint density at radius 3 is 2.59 bits per heavy atom. The number of allylic oxidation sites excluding steroid dienone is 1. The Hall–Kier alpha value is -2.19. The first-order valence-electron chi connectivity index (χ1n) is 8.50. The minimum Gasteiger partial charge on any atom is -0.466 e. The van der Waals surface area contributed by atoms with Crippen LogP contribution in [0.2, 0.25) is 10.0 Å². The average Bonchev–Trinajstić information content (AvgIpc) is 3.32. The molecule has 1 atom stereocenters. The molecule has 0 fully saturated rings. The maximum absolute atomic E-state index is 13.3. The summed E-state index contributed by atoms with van der Waals surface area (Å²) in [6.45, 7) is 1.74. The number of hydrogen-bond acceptors (Lipinski definition) is 6. The van der Waals surface area contributed by atoms with E-state index in [1.54, 1.807) is 31.2 Å². The number of thiophene rings is 1. The topological polar surface area (TPSA) is 60.7 Å². The molecule has 0 amide bonds. The second-order valence-corrected chi connectivity index (χ2v) is 9.03. The Morgan fingerprint density at radius 1 is 1.24 bits per heavy atom.